The van der Waals surface area contributed by atoms with E-state index in [9.17, 15) is 14.7 Å². The first kappa shape index (κ1) is 18.7. The number of ketones is 1. The van der Waals surface area contributed by atoms with E-state index in [2.05, 4.69) is 0 Å². The topological polar surface area (TPSA) is 76.1 Å². The Kier molecular flexibility index (Phi) is 5.19. The Hall–Kier alpha value is -2.64. The molecule has 1 amide bonds. The first-order chi connectivity index (χ1) is 13.6. The summed E-state index contributed by atoms with van der Waals surface area (Å²) in [5, 5.41) is 12.9. The molecule has 1 atom stereocenters. The summed E-state index contributed by atoms with van der Waals surface area (Å²) in [5.74, 6) is -0.623. The standard InChI is InChI=1S/C21H21NO5S/c1-26-10-8-22-18(16-5-3-11-28-16)17(20(24)21(22)25)19(23)14-6-7-15-13(12-14)4-2-9-27-15/h3,5-7,11-12,18,23H,2,4,8-10H2,1H3/b19-17-. The highest BCUT2D eigenvalue weighted by Crippen LogP contribution is 2.41. The number of benzene rings is 1. The number of Topliss-reactive ketones (excluding diaryl/α,β-unsaturated/α-hetero) is 1. The van der Waals surface area contributed by atoms with Gasteiger partial charge in [0.05, 0.1) is 24.8 Å². The number of hydrogen-bond donors (Lipinski definition) is 1. The molecule has 146 valence electrons. The van der Waals surface area contributed by atoms with Crippen molar-refractivity contribution >= 4 is 28.8 Å². The van der Waals surface area contributed by atoms with Gasteiger partial charge in [0.25, 0.3) is 11.7 Å². The fourth-order valence-electron chi connectivity index (χ4n) is 3.71. The highest BCUT2D eigenvalue weighted by atomic mass is 32.1. The maximum atomic E-state index is 12.8. The molecule has 1 fully saturated rings. The third-order valence-corrected chi connectivity index (χ3v) is 6.00. The zero-order valence-electron chi connectivity index (χ0n) is 15.5. The predicted octanol–water partition coefficient (Wildman–Crippen LogP) is 3.14. The average Bonchev–Trinajstić information content (AvgIpc) is 3.33. The number of aliphatic hydroxyl groups excluding tert-OH is 1. The number of nitrogens with zero attached hydrogens (tertiary/aromatic N) is 1. The second-order valence-corrected chi connectivity index (χ2v) is 7.75. The third-order valence-electron chi connectivity index (χ3n) is 5.07. The molecular weight excluding hydrogens is 378 g/mol. The minimum atomic E-state index is -0.666. The van der Waals surface area contributed by atoms with Crippen LogP contribution in [-0.4, -0.2) is 48.6 Å². The molecule has 1 aromatic heterocycles. The summed E-state index contributed by atoms with van der Waals surface area (Å²) in [7, 11) is 1.55. The van der Waals surface area contributed by atoms with E-state index >= 15 is 0 Å². The van der Waals surface area contributed by atoms with Crippen LogP contribution in [0.4, 0.5) is 0 Å². The maximum Gasteiger partial charge on any atom is 0.295 e. The van der Waals surface area contributed by atoms with Gasteiger partial charge in [0, 0.05) is 24.1 Å². The Labute approximate surface area is 167 Å². The lowest BCUT2D eigenvalue weighted by Crippen LogP contribution is -2.32. The van der Waals surface area contributed by atoms with Gasteiger partial charge < -0.3 is 19.5 Å². The van der Waals surface area contributed by atoms with Gasteiger partial charge in [-0.05, 0) is 48.1 Å². The molecule has 2 aromatic rings. The van der Waals surface area contributed by atoms with Crippen molar-refractivity contribution in [2.24, 2.45) is 0 Å². The summed E-state index contributed by atoms with van der Waals surface area (Å²) in [6, 6.07) is 8.51. The first-order valence-electron chi connectivity index (χ1n) is 9.18. The number of rotatable bonds is 5. The fourth-order valence-corrected chi connectivity index (χ4v) is 4.55. The van der Waals surface area contributed by atoms with Gasteiger partial charge >= 0.3 is 0 Å². The Morgan fingerprint density at radius 1 is 1.36 bits per heavy atom. The van der Waals surface area contributed by atoms with Crippen LogP contribution in [0.1, 0.15) is 28.5 Å². The van der Waals surface area contributed by atoms with E-state index < -0.39 is 17.7 Å². The van der Waals surface area contributed by atoms with Crippen LogP contribution in [0.25, 0.3) is 5.76 Å². The molecule has 28 heavy (non-hydrogen) atoms. The van der Waals surface area contributed by atoms with E-state index in [0.29, 0.717) is 18.8 Å². The van der Waals surface area contributed by atoms with E-state index in [1.54, 1.807) is 13.2 Å². The lowest BCUT2D eigenvalue weighted by molar-refractivity contribution is -0.140. The van der Waals surface area contributed by atoms with Gasteiger partial charge in [-0.3, -0.25) is 9.59 Å². The Bertz CT molecular complexity index is 934. The van der Waals surface area contributed by atoms with Crippen LogP contribution in [0.2, 0.25) is 0 Å². The molecule has 1 saturated heterocycles. The second-order valence-electron chi connectivity index (χ2n) is 6.78. The smallest absolute Gasteiger partial charge is 0.295 e. The van der Waals surface area contributed by atoms with Crippen LogP contribution in [0, 0.1) is 0 Å². The summed E-state index contributed by atoms with van der Waals surface area (Å²) in [4.78, 5) is 27.8. The zero-order chi connectivity index (χ0) is 19.7. The number of hydrogen-bond acceptors (Lipinski definition) is 6. The number of ether oxygens (including phenoxy) is 2. The molecule has 7 heteroatoms. The number of methoxy groups -OCH3 is 1. The Morgan fingerprint density at radius 2 is 2.21 bits per heavy atom. The van der Waals surface area contributed by atoms with Crippen LogP contribution >= 0.6 is 11.3 Å². The van der Waals surface area contributed by atoms with Crippen molar-refractivity contribution in [1.29, 1.82) is 0 Å². The molecule has 6 nitrogen and oxygen atoms in total. The van der Waals surface area contributed by atoms with Crippen LogP contribution in [0.15, 0.2) is 41.3 Å². The lowest BCUT2D eigenvalue weighted by atomic mass is 9.97. The van der Waals surface area contributed by atoms with Crippen molar-refractivity contribution < 1.29 is 24.2 Å². The Morgan fingerprint density at radius 3 is 2.96 bits per heavy atom. The van der Waals surface area contributed by atoms with Crippen molar-refractivity contribution in [1.82, 2.24) is 4.90 Å². The first-order valence-corrected chi connectivity index (χ1v) is 10.1. The molecule has 1 unspecified atom stereocenters. The zero-order valence-corrected chi connectivity index (χ0v) is 16.3. The number of aliphatic hydroxyl groups is 1. The van der Waals surface area contributed by atoms with Gasteiger partial charge in [0.1, 0.15) is 11.5 Å². The summed E-state index contributed by atoms with van der Waals surface area (Å²) in [6.07, 6.45) is 1.76. The van der Waals surface area contributed by atoms with Crippen molar-refractivity contribution in [3.8, 4) is 5.75 Å². The number of thiophene rings is 1. The molecule has 0 saturated carbocycles. The van der Waals surface area contributed by atoms with Crippen molar-refractivity contribution in [3.63, 3.8) is 0 Å². The van der Waals surface area contributed by atoms with E-state index in [4.69, 9.17) is 9.47 Å². The molecule has 0 aliphatic carbocycles. The van der Waals surface area contributed by atoms with Crippen molar-refractivity contribution in [3.05, 3.63) is 57.3 Å². The van der Waals surface area contributed by atoms with Crippen LogP contribution in [0.5, 0.6) is 5.75 Å². The summed E-state index contributed by atoms with van der Waals surface area (Å²) in [6.45, 7) is 1.27. The SMILES string of the molecule is COCCN1C(=O)C(=O)/C(=C(\O)c2ccc3c(c2)CCCO3)C1c1cccs1. The normalized spacial score (nSPS) is 20.9. The van der Waals surface area contributed by atoms with E-state index in [-0.39, 0.29) is 17.9 Å². The number of likely N-dealkylation sites (tertiary alicyclic amines) is 1. The number of fused-ring (bicyclic) bond motifs is 1. The molecule has 2 aliphatic heterocycles. The number of carbonyl (C=O) groups is 2. The minimum Gasteiger partial charge on any atom is -0.507 e. The molecule has 1 aromatic carbocycles. The van der Waals surface area contributed by atoms with Crippen molar-refractivity contribution in [2.75, 3.05) is 26.9 Å². The summed E-state index contributed by atoms with van der Waals surface area (Å²) in [5.41, 5.74) is 1.65. The quantitative estimate of drug-likeness (QED) is 0.475. The molecule has 4 rings (SSSR count). The average molecular weight is 399 g/mol. The highest BCUT2D eigenvalue weighted by molar-refractivity contribution is 7.10. The van der Waals surface area contributed by atoms with E-state index in [1.807, 2.05) is 29.6 Å². The van der Waals surface area contributed by atoms with E-state index in [0.717, 1.165) is 29.0 Å². The molecule has 3 heterocycles. The third kappa shape index (κ3) is 3.21. The maximum absolute atomic E-state index is 12.8. The number of aryl methyl sites for hydroxylation is 1. The van der Waals surface area contributed by atoms with Gasteiger partial charge in [-0.15, -0.1) is 11.3 Å². The monoisotopic (exact) mass is 399 g/mol. The van der Waals surface area contributed by atoms with Crippen LogP contribution in [-0.2, 0) is 20.7 Å². The van der Waals surface area contributed by atoms with Gasteiger partial charge in [0.2, 0.25) is 0 Å². The molecular formula is C21H21NO5S. The second kappa shape index (κ2) is 7.77. The number of amides is 1. The molecule has 1 N–H and O–H groups in total. The molecule has 0 radical (unpaired) electrons. The summed E-state index contributed by atoms with van der Waals surface area (Å²) >= 11 is 1.45. The van der Waals surface area contributed by atoms with Crippen LogP contribution < -0.4 is 4.74 Å². The van der Waals surface area contributed by atoms with Gasteiger partial charge in [-0.1, -0.05) is 6.07 Å². The van der Waals surface area contributed by atoms with Gasteiger partial charge in [-0.25, -0.2) is 0 Å². The van der Waals surface area contributed by atoms with E-state index in [1.165, 1.54) is 16.2 Å². The minimum absolute atomic E-state index is 0.125. The highest BCUT2D eigenvalue weighted by Gasteiger charge is 2.46. The predicted molar refractivity (Wildman–Crippen MR) is 105 cm³/mol. The van der Waals surface area contributed by atoms with Crippen molar-refractivity contribution in [2.45, 2.75) is 18.9 Å². The van der Waals surface area contributed by atoms with Crippen LogP contribution in [0.3, 0.4) is 0 Å². The van der Waals surface area contributed by atoms with Gasteiger partial charge in [0.15, 0.2) is 0 Å². The largest absolute Gasteiger partial charge is 0.507 e. The number of carbonyl (C=O) groups excluding carboxylic acids is 2. The summed E-state index contributed by atoms with van der Waals surface area (Å²) < 4.78 is 10.7. The fraction of sp³-hybridized carbons (Fsp3) is 0.333. The lowest BCUT2D eigenvalue weighted by Gasteiger charge is -2.24. The Balaban J connectivity index is 1.80. The molecule has 2 aliphatic rings. The van der Waals surface area contributed by atoms with Gasteiger partial charge in [-0.2, -0.15) is 0 Å². The molecule has 0 bridgehead atoms. The molecule has 0 spiro atoms.